The Labute approximate surface area is 123 Å². The highest BCUT2D eigenvalue weighted by atomic mass is 79.9. The number of fused-ring (bicyclic) bond motifs is 4. The number of aromatic nitrogens is 1. The Bertz CT molecular complexity index is 899. The van der Waals surface area contributed by atoms with Gasteiger partial charge in [-0.2, -0.15) is 0 Å². The molecule has 1 aliphatic rings. The monoisotopic (exact) mass is 327 g/mol. The first-order valence-corrected chi connectivity index (χ1v) is 7.10. The number of nitrogens with one attached hydrogen (secondary N) is 1. The van der Waals surface area contributed by atoms with Gasteiger partial charge in [-0.3, -0.25) is 4.79 Å². The van der Waals surface area contributed by atoms with E-state index in [0.717, 1.165) is 27.0 Å². The lowest BCUT2D eigenvalue weighted by atomic mass is 10.0. The lowest BCUT2D eigenvalue weighted by Gasteiger charge is -2.21. The number of pyridine rings is 1. The van der Waals surface area contributed by atoms with Crippen LogP contribution in [0.25, 0.3) is 22.2 Å². The second-order valence-corrected chi connectivity index (χ2v) is 5.70. The third kappa shape index (κ3) is 1.61. The van der Waals surface area contributed by atoms with E-state index < -0.39 is 0 Å². The predicted molar refractivity (Wildman–Crippen MR) is 82.0 cm³/mol. The Balaban J connectivity index is 2.11. The summed E-state index contributed by atoms with van der Waals surface area (Å²) in [5.74, 6) is 0.790. The molecular formula is C16H10BrNO2. The van der Waals surface area contributed by atoms with Crippen molar-refractivity contribution in [3.63, 3.8) is 0 Å². The third-order valence-corrected chi connectivity index (χ3v) is 4.09. The number of ether oxygens (including phenoxy) is 1. The van der Waals surface area contributed by atoms with E-state index in [1.54, 1.807) is 0 Å². The van der Waals surface area contributed by atoms with Gasteiger partial charge in [0, 0.05) is 20.9 Å². The van der Waals surface area contributed by atoms with Gasteiger partial charge in [-0.25, -0.2) is 0 Å². The van der Waals surface area contributed by atoms with Gasteiger partial charge in [0.25, 0.3) is 0 Å². The summed E-state index contributed by atoms with van der Waals surface area (Å²) in [4.78, 5) is 15.9. The molecule has 0 radical (unpaired) electrons. The summed E-state index contributed by atoms with van der Waals surface area (Å²) in [7, 11) is 0. The predicted octanol–water partition coefficient (Wildman–Crippen LogP) is 3.85. The van der Waals surface area contributed by atoms with Gasteiger partial charge in [-0.1, -0.05) is 28.1 Å². The van der Waals surface area contributed by atoms with Gasteiger partial charge in [-0.05, 0) is 30.3 Å². The van der Waals surface area contributed by atoms with Crippen molar-refractivity contribution in [2.75, 3.05) is 0 Å². The van der Waals surface area contributed by atoms with E-state index in [9.17, 15) is 4.79 Å². The molecule has 98 valence electrons. The number of H-pyrrole nitrogens is 1. The molecule has 20 heavy (non-hydrogen) atoms. The maximum atomic E-state index is 12.5. The lowest BCUT2D eigenvalue weighted by molar-refractivity contribution is 0.300. The highest BCUT2D eigenvalue weighted by molar-refractivity contribution is 9.10. The molecule has 1 N–H and O–H groups in total. The molecule has 0 fully saturated rings. The van der Waals surface area contributed by atoms with Crippen molar-refractivity contribution in [3.05, 3.63) is 62.7 Å². The first-order chi connectivity index (χ1) is 9.74. The molecule has 0 saturated heterocycles. The van der Waals surface area contributed by atoms with E-state index in [0.29, 0.717) is 17.6 Å². The Hall–Kier alpha value is -2.07. The molecule has 0 amide bonds. The molecule has 3 nitrogen and oxygen atoms in total. The summed E-state index contributed by atoms with van der Waals surface area (Å²) in [6, 6.07) is 13.4. The van der Waals surface area contributed by atoms with Crippen LogP contribution < -0.4 is 10.2 Å². The fourth-order valence-electron chi connectivity index (χ4n) is 2.62. The van der Waals surface area contributed by atoms with Crippen molar-refractivity contribution in [2.45, 2.75) is 6.61 Å². The van der Waals surface area contributed by atoms with Crippen LogP contribution in [0.4, 0.5) is 0 Å². The zero-order valence-corrected chi connectivity index (χ0v) is 12.0. The van der Waals surface area contributed by atoms with Gasteiger partial charge in [0.1, 0.15) is 12.4 Å². The van der Waals surface area contributed by atoms with Crippen molar-refractivity contribution in [1.82, 2.24) is 4.98 Å². The highest BCUT2D eigenvalue weighted by Gasteiger charge is 2.21. The van der Waals surface area contributed by atoms with E-state index in [4.69, 9.17) is 4.74 Å². The average Bonchev–Trinajstić information content (AvgIpc) is 2.47. The second-order valence-electron chi connectivity index (χ2n) is 4.78. The zero-order chi connectivity index (χ0) is 13.7. The Kier molecular flexibility index (Phi) is 2.47. The summed E-state index contributed by atoms with van der Waals surface area (Å²) in [5.41, 5.74) is 3.38. The minimum atomic E-state index is 0.0444. The van der Waals surface area contributed by atoms with Gasteiger partial charge >= 0.3 is 0 Å². The van der Waals surface area contributed by atoms with Crippen LogP contribution in [0.1, 0.15) is 5.56 Å². The van der Waals surface area contributed by atoms with Crippen LogP contribution in [0.15, 0.2) is 51.7 Å². The molecule has 0 spiro atoms. The molecule has 3 aromatic rings. The van der Waals surface area contributed by atoms with Crippen molar-refractivity contribution in [3.8, 4) is 17.0 Å². The summed E-state index contributed by atoms with van der Waals surface area (Å²) in [5, 5.41) is 0.704. The van der Waals surface area contributed by atoms with Gasteiger partial charge in [-0.15, -0.1) is 0 Å². The van der Waals surface area contributed by atoms with Crippen molar-refractivity contribution in [1.29, 1.82) is 0 Å². The van der Waals surface area contributed by atoms with Gasteiger partial charge < -0.3 is 9.72 Å². The maximum absolute atomic E-state index is 12.5. The molecule has 2 aromatic carbocycles. The summed E-state index contributed by atoms with van der Waals surface area (Å²) in [6.45, 7) is 0.305. The molecule has 1 aliphatic heterocycles. The van der Waals surface area contributed by atoms with E-state index in [1.807, 2.05) is 42.5 Å². The van der Waals surface area contributed by atoms with Crippen molar-refractivity contribution in [2.24, 2.45) is 0 Å². The summed E-state index contributed by atoms with van der Waals surface area (Å²) in [6.07, 6.45) is 0. The maximum Gasteiger partial charge on any atom is 0.196 e. The average molecular weight is 328 g/mol. The van der Waals surface area contributed by atoms with E-state index in [2.05, 4.69) is 20.9 Å². The molecule has 4 rings (SSSR count). The quantitative estimate of drug-likeness (QED) is 0.681. The molecule has 0 aliphatic carbocycles. The smallest absolute Gasteiger partial charge is 0.196 e. The number of hydrogen-bond donors (Lipinski definition) is 1. The molecule has 0 unspecified atom stereocenters. The Morgan fingerprint density at radius 3 is 2.90 bits per heavy atom. The second kappa shape index (κ2) is 4.21. The molecule has 1 aromatic heterocycles. The van der Waals surface area contributed by atoms with Crippen LogP contribution in [0.3, 0.4) is 0 Å². The molecule has 4 heteroatoms. The number of hydrogen-bond acceptors (Lipinski definition) is 2. The van der Waals surface area contributed by atoms with E-state index in [1.165, 1.54) is 0 Å². The first kappa shape index (κ1) is 11.7. The molecule has 0 saturated carbocycles. The number of para-hydroxylation sites is 1. The highest BCUT2D eigenvalue weighted by Crippen LogP contribution is 2.37. The molecule has 2 heterocycles. The SMILES string of the molecule is O=c1c2c([nH]c3ccccc13)-c1ccc(Br)cc1OC2. The lowest BCUT2D eigenvalue weighted by Crippen LogP contribution is -2.18. The van der Waals surface area contributed by atoms with Crippen molar-refractivity contribution >= 4 is 26.8 Å². The topological polar surface area (TPSA) is 42.1 Å². The van der Waals surface area contributed by atoms with Crippen LogP contribution in [0, 0.1) is 0 Å². The number of aromatic amines is 1. The minimum Gasteiger partial charge on any atom is -0.488 e. The van der Waals surface area contributed by atoms with E-state index >= 15 is 0 Å². The largest absolute Gasteiger partial charge is 0.488 e. The minimum absolute atomic E-state index is 0.0444. The third-order valence-electron chi connectivity index (χ3n) is 3.59. The Morgan fingerprint density at radius 2 is 2.00 bits per heavy atom. The Morgan fingerprint density at radius 1 is 1.15 bits per heavy atom. The standard InChI is InChI=1S/C16H10BrNO2/c17-9-5-6-11-14(7-9)20-8-12-15(11)18-13-4-2-1-3-10(13)16(12)19/h1-7H,8H2,(H,18,19). The van der Waals surface area contributed by atoms with Crippen LogP contribution in [0.5, 0.6) is 5.75 Å². The normalized spacial score (nSPS) is 12.7. The molecular weight excluding hydrogens is 318 g/mol. The fourth-order valence-corrected chi connectivity index (χ4v) is 2.96. The summed E-state index contributed by atoms with van der Waals surface area (Å²) < 4.78 is 6.67. The van der Waals surface area contributed by atoms with Gasteiger partial charge in [0.2, 0.25) is 0 Å². The number of benzene rings is 2. The fraction of sp³-hybridized carbons (Fsp3) is 0.0625. The van der Waals surface area contributed by atoms with Crippen LogP contribution in [-0.2, 0) is 6.61 Å². The first-order valence-electron chi connectivity index (χ1n) is 6.30. The molecule has 0 bridgehead atoms. The number of halogens is 1. The van der Waals surface area contributed by atoms with Crippen LogP contribution >= 0.6 is 15.9 Å². The number of rotatable bonds is 0. The zero-order valence-electron chi connectivity index (χ0n) is 10.4. The van der Waals surface area contributed by atoms with Crippen molar-refractivity contribution < 1.29 is 4.74 Å². The van der Waals surface area contributed by atoms with Crippen LogP contribution in [-0.4, -0.2) is 4.98 Å². The molecule has 0 atom stereocenters. The summed E-state index contributed by atoms with van der Waals surface area (Å²) >= 11 is 3.43. The van der Waals surface area contributed by atoms with Gasteiger partial charge in [0.05, 0.1) is 11.3 Å². The van der Waals surface area contributed by atoms with Gasteiger partial charge in [0.15, 0.2) is 5.43 Å². The van der Waals surface area contributed by atoms with E-state index in [-0.39, 0.29) is 5.43 Å². The van der Waals surface area contributed by atoms with Crippen LogP contribution in [0.2, 0.25) is 0 Å².